The number of methoxy groups -OCH3 is 2. The number of hydrogen-bond donors (Lipinski definition) is 1. The van der Waals surface area contributed by atoms with Gasteiger partial charge < -0.3 is 14.8 Å². The highest BCUT2D eigenvalue weighted by Gasteiger charge is 2.08. The molecule has 2 aromatic rings. The Kier molecular flexibility index (Phi) is 6.53. The highest BCUT2D eigenvalue weighted by Crippen LogP contribution is 2.27. The van der Waals surface area contributed by atoms with E-state index in [1.165, 1.54) is 12.1 Å². The smallest absolute Gasteiger partial charge is 0.324 e. The summed E-state index contributed by atoms with van der Waals surface area (Å²) < 4.78 is 10.4. The van der Waals surface area contributed by atoms with Crippen LogP contribution in [0.25, 0.3) is 6.08 Å². The Labute approximate surface area is 149 Å². The first kappa shape index (κ1) is 18.5. The third-order valence-corrected chi connectivity index (χ3v) is 4.35. The van der Waals surface area contributed by atoms with Crippen molar-refractivity contribution >= 4 is 28.3 Å². The van der Waals surface area contributed by atoms with E-state index in [-0.39, 0.29) is 10.9 Å². The average molecular weight is 362 g/mol. The second kappa shape index (κ2) is 8.84. The Bertz CT molecular complexity index is 785. The lowest BCUT2D eigenvalue weighted by molar-refractivity contribution is -0.380. The fourth-order valence-electron chi connectivity index (χ4n) is 2.11. The molecule has 1 N–H and O–H groups in total. The third kappa shape index (κ3) is 5.32. The first-order chi connectivity index (χ1) is 12.0. The molecule has 0 saturated heterocycles. The van der Waals surface area contributed by atoms with Crippen LogP contribution >= 0.6 is 11.3 Å². The molecule has 0 bridgehead atoms. The van der Waals surface area contributed by atoms with Gasteiger partial charge >= 0.3 is 5.00 Å². The number of thiophene rings is 1. The standard InChI is InChI=1S/C17H18N2O5S/c1-23-14-6-3-12(11-15(14)24-2)9-10-18-16(20)7-4-13-5-8-17(25-13)19(21)22/h3-8,11H,9-10H2,1-2H3,(H,18,20)/b7-4+. The van der Waals surface area contributed by atoms with E-state index in [0.29, 0.717) is 29.3 Å². The Hall–Kier alpha value is -2.87. The monoisotopic (exact) mass is 362 g/mol. The van der Waals surface area contributed by atoms with Crippen molar-refractivity contribution in [1.29, 1.82) is 0 Å². The van der Waals surface area contributed by atoms with E-state index in [1.807, 2.05) is 18.2 Å². The average Bonchev–Trinajstić information content (AvgIpc) is 3.09. The van der Waals surface area contributed by atoms with Crippen LogP contribution in [0.1, 0.15) is 10.4 Å². The van der Waals surface area contributed by atoms with Crippen molar-refractivity contribution in [3.8, 4) is 11.5 Å². The zero-order valence-electron chi connectivity index (χ0n) is 13.9. The van der Waals surface area contributed by atoms with Crippen LogP contribution in [0.3, 0.4) is 0 Å². The lowest BCUT2D eigenvalue weighted by Crippen LogP contribution is -2.23. The second-order valence-corrected chi connectivity index (χ2v) is 6.09. The maximum absolute atomic E-state index is 11.8. The Morgan fingerprint density at radius 1 is 1.24 bits per heavy atom. The van der Waals surface area contributed by atoms with E-state index >= 15 is 0 Å². The summed E-state index contributed by atoms with van der Waals surface area (Å²) in [7, 11) is 3.15. The molecule has 25 heavy (non-hydrogen) atoms. The summed E-state index contributed by atoms with van der Waals surface area (Å²) in [6.45, 7) is 0.462. The van der Waals surface area contributed by atoms with Gasteiger partial charge in [0.05, 0.1) is 19.1 Å². The zero-order valence-corrected chi connectivity index (χ0v) is 14.7. The van der Waals surface area contributed by atoms with Crippen molar-refractivity contribution < 1.29 is 19.2 Å². The van der Waals surface area contributed by atoms with Crippen LogP contribution in [0.4, 0.5) is 5.00 Å². The first-order valence-corrected chi connectivity index (χ1v) is 8.26. The van der Waals surface area contributed by atoms with Gasteiger partial charge in [-0.1, -0.05) is 17.4 Å². The van der Waals surface area contributed by atoms with Crippen molar-refractivity contribution in [3.05, 3.63) is 57.0 Å². The molecule has 0 radical (unpaired) electrons. The quantitative estimate of drug-likeness (QED) is 0.443. The maximum Gasteiger partial charge on any atom is 0.324 e. The minimum absolute atomic E-state index is 0.0495. The molecule has 0 saturated carbocycles. The molecule has 2 rings (SSSR count). The minimum atomic E-state index is -0.453. The predicted octanol–water partition coefficient (Wildman–Crippen LogP) is 3.05. The third-order valence-electron chi connectivity index (χ3n) is 3.35. The number of carbonyl (C=O) groups is 1. The molecule has 132 valence electrons. The van der Waals surface area contributed by atoms with Gasteiger partial charge in [0.25, 0.3) is 0 Å². The van der Waals surface area contributed by atoms with Gasteiger partial charge in [0.2, 0.25) is 5.91 Å². The number of nitrogens with one attached hydrogen (secondary N) is 1. The van der Waals surface area contributed by atoms with Gasteiger partial charge in [0.15, 0.2) is 11.5 Å². The molecule has 1 aromatic carbocycles. The van der Waals surface area contributed by atoms with Crippen molar-refractivity contribution in [2.75, 3.05) is 20.8 Å². The van der Waals surface area contributed by atoms with E-state index in [1.54, 1.807) is 26.4 Å². The molecule has 0 aliphatic carbocycles. The molecule has 0 aliphatic heterocycles. The summed E-state index contributed by atoms with van der Waals surface area (Å²) in [5.74, 6) is 1.05. The predicted molar refractivity (Wildman–Crippen MR) is 96.3 cm³/mol. The van der Waals surface area contributed by atoms with Crippen LogP contribution in [-0.2, 0) is 11.2 Å². The van der Waals surface area contributed by atoms with E-state index in [2.05, 4.69) is 5.32 Å². The topological polar surface area (TPSA) is 90.7 Å². The molecule has 0 fully saturated rings. The SMILES string of the molecule is COc1ccc(CCNC(=O)/C=C/c2ccc([N+](=O)[O-])s2)cc1OC. The highest BCUT2D eigenvalue weighted by molar-refractivity contribution is 7.16. The number of nitro groups is 1. The molecule has 0 atom stereocenters. The fourth-order valence-corrected chi connectivity index (χ4v) is 2.84. The van der Waals surface area contributed by atoms with E-state index < -0.39 is 4.92 Å². The molecule has 0 spiro atoms. The zero-order chi connectivity index (χ0) is 18.2. The summed E-state index contributed by atoms with van der Waals surface area (Å²) in [6, 6.07) is 8.62. The first-order valence-electron chi connectivity index (χ1n) is 7.44. The van der Waals surface area contributed by atoms with Gasteiger partial charge in [0.1, 0.15) is 0 Å². The lowest BCUT2D eigenvalue weighted by atomic mass is 10.1. The number of rotatable bonds is 8. The number of ether oxygens (including phenoxy) is 2. The molecular formula is C17H18N2O5S. The van der Waals surface area contributed by atoms with Crippen LogP contribution in [0, 0.1) is 10.1 Å². The maximum atomic E-state index is 11.8. The molecule has 1 heterocycles. The second-order valence-electron chi connectivity index (χ2n) is 5.00. The van der Waals surface area contributed by atoms with Gasteiger partial charge in [0, 0.05) is 23.6 Å². The molecule has 0 unspecified atom stereocenters. The van der Waals surface area contributed by atoms with Crippen LogP contribution in [0.2, 0.25) is 0 Å². The van der Waals surface area contributed by atoms with Crippen molar-refractivity contribution in [2.24, 2.45) is 0 Å². The summed E-state index contributed by atoms with van der Waals surface area (Å²) in [4.78, 5) is 22.6. The van der Waals surface area contributed by atoms with E-state index in [0.717, 1.165) is 16.9 Å². The summed E-state index contributed by atoms with van der Waals surface area (Å²) in [6.07, 6.45) is 3.57. The molecule has 7 nitrogen and oxygen atoms in total. The largest absolute Gasteiger partial charge is 0.493 e. The van der Waals surface area contributed by atoms with Crippen molar-refractivity contribution in [3.63, 3.8) is 0 Å². The number of carbonyl (C=O) groups excluding carboxylic acids is 1. The Morgan fingerprint density at radius 2 is 2.00 bits per heavy atom. The molecule has 0 aliphatic rings. The van der Waals surface area contributed by atoms with Crippen LogP contribution < -0.4 is 14.8 Å². The number of amides is 1. The van der Waals surface area contributed by atoms with Gasteiger partial charge in [-0.25, -0.2) is 0 Å². The Morgan fingerprint density at radius 3 is 2.64 bits per heavy atom. The molecule has 8 heteroatoms. The van der Waals surface area contributed by atoms with Crippen molar-refractivity contribution in [2.45, 2.75) is 6.42 Å². The molecular weight excluding hydrogens is 344 g/mol. The Balaban J connectivity index is 1.83. The summed E-state index contributed by atoms with van der Waals surface area (Å²) >= 11 is 1.02. The lowest BCUT2D eigenvalue weighted by Gasteiger charge is -2.09. The van der Waals surface area contributed by atoms with Gasteiger partial charge in [-0.05, 0) is 36.3 Å². The van der Waals surface area contributed by atoms with Gasteiger partial charge in [-0.15, -0.1) is 0 Å². The van der Waals surface area contributed by atoms with Crippen LogP contribution in [0.15, 0.2) is 36.4 Å². The summed E-state index contributed by atoms with van der Waals surface area (Å²) in [5.41, 5.74) is 1.01. The van der Waals surface area contributed by atoms with Crippen molar-refractivity contribution in [1.82, 2.24) is 5.32 Å². The fraction of sp³-hybridized carbons (Fsp3) is 0.235. The molecule has 1 aromatic heterocycles. The number of nitrogens with zero attached hydrogens (tertiary/aromatic N) is 1. The molecule has 1 amide bonds. The highest BCUT2D eigenvalue weighted by atomic mass is 32.1. The van der Waals surface area contributed by atoms with Crippen LogP contribution in [0.5, 0.6) is 11.5 Å². The van der Waals surface area contributed by atoms with E-state index in [9.17, 15) is 14.9 Å². The van der Waals surface area contributed by atoms with Gasteiger partial charge in [-0.2, -0.15) is 0 Å². The summed E-state index contributed by atoms with van der Waals surface area (Å²) in [5, 5.41) is 13.4. The number of hydrogen-bond acceptors (Lipinski definition) is 6. The number of benzene rings is 1. The normalized spacial score (nSPS) is 10.6. The van der Waals surface area contributed by atoms with Crippen LogP contribution in [-0.4, -0.2) is 31.6 Å². The van der Waals surface area contributed by atoms with E-state index in [4.69, 9.17) is 9.47 Å². The van der Waals surface area contributed by atoms with Gasteiger partial charge in [-0.3, -0.25) is 14.9 Å². The minimum Gasteiger partial charge on any atom is -0.493 e.